The minimum atomic E-state index is -4.15. The van der Waals surface area contributed by atoms with Crippen molar-refractivity contribution in [2.24, 2.45) is 11.7 Å². The molecule has 0 radical (unpaired) electrons. The normalized spacial score (nSPS) is 27.1. The molecule has 0 bridgehead atoms. The Morgan fingerprint density at radius 3 is 2.63 bits per heavy atom. The lowest BCUT2D eigenvalue weighted by molar-refractivity contribution is -0.143. The summed E-state index contributed by atoms with van der Waals surface area (Å²) in [7, 11) is 0. The Morgan fingerprint density at radius 1 is 1.42 bits per heavy atom. The first-order valence-corrected chi connectivity index (χ1v) is 6.65. The van der Waals surface area contributed by atoms with Crippen molar-refractivity contribution in [3.63, 3.8) is 0 Å². The van der Waals surface area contributed by atoms with Crippen LogP contribution in [0.5, 0.6) is 0 Å². The van der Waals surface area contributed by atoms with Gasteiger partial charge < -0.3 is 11.1 Å². The molecule has 0 aromatic rings. The van der Waals surface area contributed by atoms with Gasteiger partial charge in [0.05, 0.1) is 12.1 Å². The summed E-state index contributed by atoms with van der Waals surface area (Å²) in [5.41, 5.74) is 5.14. The Kier molecular flexibility index (Phi) is 4.06. The number of alkyl halides is 3. The van der Waals surface area contributed by atoms with Crippen molar-refractivity contribution in [2.75, 3.05) is 26.2 Å². The quantitative estimate of drug-likeness (QED) is 0.803. The van der Waals surface area contributed by atoms with Crippen molar-refractivity contribution >= 4 is 5.91 Å². The van der Waals surface area contributed by atoms with Gasteiger partial charge in [-0.1, -0.05) is 0 Å². The highest BCUT2D eigenvalue weighted by Gasteiger charge is 2.40. The van der Waals surface area contributed by atoms with Crippen LogP contribution in [0.15, 0.2) is 0 Å². The molecule has 3 N–H and O–H groups in total. The molecule has 19 heavy (non-hydrogen) atoms. The Balaban J connectivity index is 1.69. The van der Waals surface area contributed by atoms with Crippen LogP contribution in [0.25, 0.3) is 0 Å². The van der Waals surface area contributed by atoms with Crippen LogP contribution < -0.4 is 11.1 Å². The summed E-state index contributed by atoms with van der Waals surface area (Å²) in [6.45, 7) is 0.385. The molecule has 0 spiro atoms. The SMILES string of the molecule is NC1(C(=O)NCC2CCN(CC(F)(F)F)C2)CCC1. The summed E-state index contributed by atoms with van der Waals surface area (Å²) in [6.07, 6.45) is -1.10. The first kappa shape index (κ1) is 14.6. The molecule has 4 nitrogen and oxygen atoms in total. The fourth-order valence-corrected chi connectivity index (χ4v) is 2.67. The van der Waals surface area contributed by atoms with Crippen LogP contribution in [-0.2, 0) is 4.79 Å². The third-order valence-corrected chi connectivity index (χ3v) is 4.02. The van der Waals surface area contributed by atoms with E-state index in [9.17, 15) is 18.0 Å². The van der Waals surface area contributed by atoms with Gasteiger partial charge in [-0.2, -0.15) is 13.2 Å². The zero-order chi connectivity index (χ0) is 14.1. The highest BCUT2D eigenvalue weighted by molar-refractivity contribution is 5.86. The Morgan fingerprint density at radius 2 is 2.11 bits per heavy atom. The lowest BCUT2D eigenvalue weighted by Gasteiger charge is -2.36. The fraction of sp³-hybridized carbons (Fsp3) is 0.917. The molecule has 1 saturated heterocycles. The number of carbonyl (C=O) groups excluding carboxylic acids is 1. The fourth-order valence-electron chi connectivity index (χ4n) is 2.67. The number of nitrogens with zero attached hydrogens (tertiary/aromatic N) is 1. The molecule has 1 atom stereocenters. The number of hydrogen-bond donors (Lipinski definition) is 2. The number of amides is 1. The van der Waals surface area contributed by atoms with E-state index in [0.717, 1.165) is 6.42 Å². The largest absolute Gasteiger partial charge is 0.401 e. The van der Waals surface area contributed by atoms with Crippen LogP contribution in [-0.4, -0.2) is 48.7 Å². The third kappa shape index (κ3) is 3.82. The van der Waals surface area contributed by atoms with Gasteiger partial charge in [-0.3, -0.25) is 9.69 Å². The molecule has 7 heteroatoms. The van der Waals surface area contributed by atoms with Crippen LogP contribution in [0.2, 0.25) is 0 Å². The van der Waals surface area contributed by atoms with E-state index >= 15 is 0 Å². The second kappa shape index (κ2) is 5.28. The van der Waals surface area contributed by atoms with Gasteiger partial charge >= 0.3 is 6.18 Å². The molecule has 2 fully saturated rings. The molecule has 1 amide bonds. The summed E-state index contributed by atoms with van der Waals surface area (Å²) in [4.78, 5) is 13.2. The molecule has 1 aliphatic carbocycles. The van der Waals surface area contributed by atoms with Gasteiger partial charge in [0.1, 0.15) is 0 Å². The maximum atomic E-state index is 12.2. The Labute approximate surface area is 110 Å². The third-order valence-electron chi connectivity index (χ3n) is 4.02. The number of halogens is 3. The average Bonchev–Trinajstić information content (AvgIpc) is 2.67. The molecule has 2 rings (SSSR count). The highest BCUT2D eigenvalue weighted by atomic mass is 19.4. The van der Waals surface area contributed by atoms with Crippen molar-refractivity contribution in [2.45, 2.75) is 37.4 Å². The van der Waals surface area contributed by atoms with Crippen molar-refractivity contribution in [3.05, 3.63) is 0 Å². The zero-order valence-electron chi connectivity index (χ0n) is 10.8. The van der Waals surface area contributed by atoms with E-state index in [1.807, 2.05) is 0 Å². The van der Waals surface area contributed by atoms with Gasteiger partial charge in [-0.25, -0.2) is 0 Å². The molecule has 1 aliphatic heterocycles. The van der Waals surface area contributed by atoms with E-state index in [0.29, 0.717) is 38.9 Å². The van der Waals surface area contributed by atoms with E-state index in [1.54, 1.807) is 0 Å². The highest BCUT2D eigenvalue weighted by Crippen LogP contribution is 2.29. The predicted octanol–water partition coefficient (Wildman–Crippen LogP) is 0.868. The van der Waals surface area contributed by atoms with Crippen LogP contribution in [0.1, 0.15) is 25.7 Å². The number of nitrogens with one attached hydrogen (secondary N) is 1. The van der Waals surface area contributed by atoms with Crippen molar-refractivity contribution in [1.82, 2.24) is 10.2 Å². The lowest BCUT2D eigenvalue weighted by Crippen LogP contribution is -2.59. The molecule has 110 valence electrons. The monoisotopic (exact) mass is 279 g/mol. The van der Waals surface area contributed by atoms with E-state index in [1.165, 1.54) is 4.90 Å². The predicted molar refractivity (Wildman–Crippen MR) is 64.4 cm³/mol. The molecule has 1 saturated carbocycles. The van der Waals surface area contributed by atoms with E-state index < -0.39 is 18.3 Å². The first-order valence-electron chi connectivity index (χ1n) is 6.65. The maximum absolute atomic E-state index is 12.2. The summed E-state index contributed by atoms with van der Waals surface area (Å²) in [5, 5.41) is 2.78. The maximum Gasteiger partial charge on any atom is 0.401 e. The van der Waals surface area contributed by atoms with Gasteiger partial charge in [-0.15, -0.1) is 0 Å². The molecular formula is C12H20F3N3O. The molecule has 1 heterocycles. The second-order valence-electron chi connectivity index (χ2n) is 5.72. The molecule has 2 aliphatic rings. The van der Waals surface area contributed by atoms with Gasteiger partial charge in [-0.05, 0) is 38.1 Å². The number of nitrogens with two attached hydrogens (primary N) is 1. The van der Waals surface area contributed by atoms with Gasteiger partial charge in [0.25, 0.3) is 0 Å². The molecule has 0 aromatic carbocycles. The van der Waals surface area contributed by atoms with E-state index in [2.05, 4.69) is 5.32 Å². The van der Waals surface area contributed by atoms with Gasteiger partial charge in [0, 0.05) is 13.1 Å². The summed E-state index contributed by atoms with van der Waals surface area (Å²) in [5.74, 6) is -0.0667. The number of likely N-dealkylation sites (tertiary alicyclic amines) is 1. The zero-order valence-corrected chi connectivity index (χ0v) is 10.8. The van der Waals surface area contributed by atoms with Crippen molar-refractivity contribution in [1.29, 1.82) is 0 Å². The smallest absolute Gasteiger partial charge is 0.354 e. The topological polar surface area (TPSA) is 58.4 Å². The lowest BCUT2D eigenvalue weighted by atomic mass is 9.77. The number of rotatable bonds is 4. The van der Waals surface area contributed by atoms with Gasteiger partial charge in [0.2, 0.25) is 5.91 Å². The van der Waals surface area contributed by atoms with Crippen LogP contribution >= 0.6 is 0 Å². The number of hydrogen-bond acceptors (Lipinski definition) is 3. The summed E-state index contributed by atoms with van der Waals surface area (Å²) < 4.78 is 36.7. The van der Waals surface area contributed by atoms with Crippen molar-refractivity contribution < 1.29 is 18.0 Å². The first-order chi connectivity index (χ1) is 8.78. The molecular weight excluding hydrogens is 259 g/mol. The summed E-state index contributed by atoms with van der Waals surface area (Å²) >= 11 is 0. The minimum absolute atomic E-state index is 0.0926. The standard InChI is InChI=1S/C12H20F3N3O/c13-12(14,15)8-18-5-2-9(7-18)6-17-10(19)11(16)3-1-4-11/h9H,1-8,16H2,(H,17,19). The Hall–Kier alpha value is -0.820. The van der Waals surface area contributed by atoms with Crippen LogP contribution in [0, 0.1) is 5.92 Å². The Bertz CT molecular complexity index is 342. The molecule has 0 aromatic heterocycles. The molecule has 1 unspecified atom stereocenters. The van der Waals surface area contributed by atoms with Crippen LogP contribution in [0.3, 0.4) is 0 Å². The van der Waals surface area contributed by atoms with Gasteiger partial charge in [0.15, 0.2) is 0 Å². The van der Waals surface area contributed by atoms with E-state index in [-0.39, 0.29) is 11.8 Å². The number of carbonyl (C=O) groups is 1. The van der Waals surface area contributed by atoms with Crippen molar-refractivity contribution in [3.8, 4) is 0 Å². The summed E-state index contributed by atoms with van der Waals surface area (Å²) in [6, 6.07) is 0. The van der Waals surface area contributed by atoms with E-state index in [4.69, 9.17) is 5.73 Å². The minimum Gasteiger partial charge on any atom is -0.354 e. The van der Waals surface area contributed by atoms with Crippen LogP contribution in [0.4, 0.5) is 13.2 Å². The second-order valence-corrected chi connectivity index (χ2v) is 5.72. The average molecular weight is 279 g/mol.